The highest BCUT2D eigenvalue weighted by Gasteiger charge is 2.22. The van der Waals surface area contributed by atoms with Gasteiger partial charge in [0.15, 0.2) is 6.10 Å². The van der Waals surface area contributed by atoms with E-state index >= 15 is 0 Å². The van der Waals surface area contributed by atoms with Gasteiger partial charge in [0.25, 0.3) is 11.8 Å². The van der Waals surface area contributed by atoms with Crippen molar-refractivity contribution >= 4 is 46.9 Å². The summed E-state index contributed by atoms with van der Waals surface area (Å²) in [6, 6.07) is 4.48. The van der Waals surface area contributed by atoms with Gasteiger partial charge in [-0.15, -0.1) is 0 Å². The zero-order valence-electron chi connectivity index (χ0n) is 16.6. The lowest BCUT2D eigenvalue weighted by atomic mass is 9.95. The fourth-order valence-electron chi connectivity index (χ4n) is 3.02. The molecule has 0 radical (unpaired) electrons. The molecule has 0 saturated heterocycles. The molecule has 1 aromatic rings. The fourth-order valence-corrected chi connectivity index (χ4v) is 3.51. The lowest BCUT2D eigenvalue weighted by Gasteiger charge is -2.24. The minimum Gasteiger partial charge on any atom is -0.451 e. The molecule has 0 heterocycles. The Morgan fingerprint density at radius 2 is 1.77 bits per heavy atom. The quantitative estimate of drug-likeness (QED) is 0.517. The molecule has 1 saturated carbocycles. The monoisotopic (exact) mass is 457 g/mol. The van der Waals surface area contributed by atoms with Crippen molar-refractivity contribution in [3.05, 3.63) is 33.8 Å². The number of halogens is 2. The zero-order valence-corrected chi connectivity index (χ0v) is 18.1. The van der Waals surface area contributed by atoms with Crippen molar-refractivity contribution in [3.8, 4) is 0 Å². The van der Waals surface area contributed by atoms with Crippen LogP contribution in [0.3, 0.4) is 0 Å². The summed E-state index contributed by atoms with van der Waals surface area (Å²) in [6.07, 6.45) is 4.22. The molecule has 164 valence electrons. The third-order valence-electron chi connectivity index (χ3n) is 4.64. The minimum atomic E-state index is -0.955. The molecule has 3 amide bonds. The first-order chi connectivity index (χ1) is 14.3. The summed E-state index contributed by atoms with van der Waals surface area (Å²) in [4.78, 5) is 47.8. The van der Waals surface area contributed by atoms with Crippen LogP contribution in [0.15, 0.2) is 18.2 Å². The number of nitrogens with one attached hydrogen (secondary N) is 3. The van der Waals surface area contributed by atoms with Crippen molar-refractivity contribution in [2.45, 2.75) is 51.2 Å². The summed E-state index contributed by atoms with van der Waals surface area (Å²) >= 11 is 11.7. The standard InChI is InChI=1S/C20H25Cl2N3O5/c1-12(19(28)25-14-5-3-2-4-6-14)30-18(27)11-23-17(26)10-24-20(29)15-8-7-13(21)9-16(15)22/h7-9,12,14H,2-6,10-11H2,1H3,(H,23,26)(H,24,29)(H,25,28). The molecular formula is C20H25Cl2N3O5. The SMILES string of the molecule is CC(OC(=O)CNC(=O)CNC(=O)c1ccc(Cl)cc1Cl)C(=O)NC1CCCCC1. The summed E-state index contributed by atoms with van der Waals surface area (Å²) in [7, 11) is 0. The van der Waals surface area contributed by atoms with E-state index in [0.29, 0.717) is 5.02 Å². The molecule has 0 bridgehead atoms. The van der Waals surface area contributed by atoms with Gasteiger partial charge in [-0.05, 0) is 38.0 Å². The van der Waals surface area contributed by atoms with Crippen LogP contribution in [0.25, 0.3) is 0 Å². The van der Waals surface area contributed by atoms with Gasteiger partial charge in [0.05, 0.1) is 17.1 Å². The van der Waals surface area contributed by atoms with Crippen LogP contribution in [0.2, 0.25) is 10.0 Å². The molecule has 1 fully saturated rings. The van der Waals surface area contributed by atoms with Gasteiger partial charge >= 0.3 is 5.97 Å². The van der Waals surface area contributed by atoms with Crippen molar-refractivity contribution in [2.75, 3.05) is 13.1 Å². The smallest absolute Gasteiger partial charge is 0.326 e. The average Bonchev–Trinajstić information content (AvgIpc) is 2.71. The van der Waals surface area contributed by atoms with Gasteiger partial charge in [0.1, 0.15) is 6.54 Å². The van der Waals surface area contributed by atoms with E-state index in [-0.39, 0.29) is 29.1 Å². The maximum Gasteiger partial charge on any atom is 0.326 e. The molecule has 0 spiro atoms. The van der Waals surface area contributed by atoms with E-state index in [1.165, 1.54) is 31.5 Å². The maximum absolute atomic E-state index is 12.1. The lowest BCUT2D eigenvalue weighted by Crippen LogP contribution is -2.44. The van der Waals surface area contributed by atoms with Crippen LogP contribution in [-0.2, 0) is 19.1 Å². The molecule has 10 heteroatoms. The molecule has 1 aromatic carbocycles. The van der Waals surface area contributed by atoms with Crippen molar-refractivity contribution in [2.24, 2.45) is 0 Å². The fraction of sp³-hybridized carbons (Fsp3) is 0.500. The second-order valence-electron chi connectivity index (χ2n) is 7.06. The highest BCUT2D eigenvalue weighted by Crippen LogP contribution is 2.20. The number of carbonyl (C=O) groups is 4. The number of amides is 3. The summed E-state index contributed by atoms with van der Waals surface area (Å²) in [5.74, 6) is -2.25. The molecule has 2 rings (SSSR count). The first-order valence-electron chi connectivity index (χ1n) is 9.76. The topological polar surface area (TPSA) is 114 Å². The number of carbonyl (C=O) groups excluding carboxylic acids is 4. The zero-order chi connectivity index (χ0) is 22.1. The third kappa shape index (κ3) is 7.84. The first-order valence-corrected chi connectivity index (χ1v) is 10.5. The molecule has 1 aliphatic carbocycles. The van der Waals surface area contributed by atoms with Gasteiger partial charge in [0.2, 0.25) is 5.91 Å². The normalized spacial score (nSPS) is 15.0. The Labute approximate surface area is 185 Å². The molecule has 1 aliphatic rings. The molecule has 1 atom stereocenters. The number of esters is 1. The summed E-state index contributed by atoms with van der Waals surface area (Å²) in [5, 5.41) is 8.13. The van der Waals surface area contributed by atoms with Gasteiger partial charge in [0, 0.05) is 11.1 Å². The average molecular weight is 458 g/mol. The van der Waals surface area contributed by atoms with Crippen LogP contribution >= 0.6 is 23.2 Å². The van der Waals surface area contributed by atoms with Gasteiger partial charge in [-0.3, -0.25) is 19.2 Å². The first kappa shape index (κ1) is 24.0. The van der Waals surface area contributed by atoms with Crippen LogP contribution in [-0.4, -0.2) is 48.9 Å². The molecule has 3 N–H and O–H groups in total. The second kappa shape index (κ2) is 11.8. The maximum atomic E-state index is 12.1. The minimum absolute atomic E-state index is 0.116. The third-order valence-corrected chi connectivity index (χ3v) is 5.19. The van der Waals surface area contributed by atoms with Crippen molar-refractivity contribution in [1.82, 2.24) is 16.0 Å². The largest absolute Gasteiger partial charge is 0.451 e. The second-order valence-corrected chi connectivity index (χ2v) is 7.90. The van der Waals surface area contributed by atoms with E-state index in [1.54, 1.807) is 0 Å². The number of benzene rings is 1. The molecule has 8 nitrogen and oxygen atoms in total. The van der Waals surface area contributed by atoms with Gasteiger partial charge in [-0.1, -0.05) is 42.5 Å². The van der Waals surface area contributed by atoms with Gasteiger partial charge < -0.3 is 20.7 Å². The van der Waals surface area contributed by atoms with Crippen LogP contribution < -0.4 is 16.0 Å². The van der Waals surface area contributed by atoms with E-state index < -0.39 is 30.4 Å². The highest BCUT2D eigenvalue weighted by atomic mass is 35.5. The molecule has 0 aliphatic heterocycles. The number of rotatable bonds is 8. The Kier molecular flexibility index (Phi) is 9.39. The van der Waals surface area contributed by atoms with E-state index in [1.807, 2.05) is 0 Å². The van der Waals surface area contributed by atoms with Crippen LogP contribution in [0.5, 0.6) is 0 Å². The van der Waals surface area contributed by atoms with E-state index in [0.717, 1.165) is 25.7 Å². The lowest BCUT2D eigenvalue weighted by molar-refractivity contribution is -0.154. The molecule has 30 heavy (non-hydrogen) atoms. The Balaban J connectivity index is 1.67. The van der Waals surface area contributed by atoms with Crippen LogP contribution in [0.4, 0.5) is 0 Å². The van der Waals surface area contributed by atoms with Crippen LogP contribution in [0, 0.1) is 0 Å². The Bertz CT molecular complexity index is 797. The van der Waals surface area contributed by atoms with E-state index in [4.69, 9.17) is 27.9 Å². The summed E-state index contributed by atoms with van der Waals surface area (Å²) in [5.41, 5.74) is 0.172. The number of hydrogen-bond acceptors (Lipinski definition) is 5. The van der Waals surface area contributed by atoms with Gasteiger partial charge in [-0.25, -0.2) is 0 Å². The predicted octanol–water partition coefficient (Wildman–Crippen LogP) is 2.22. The van der Waals surface area contributed by atoms with E-state index in [9.17, 15) is 19.2 Å². The van der Waals surface area contributed by atoms with Crippen molar-refractivity contribution in [1.29, 1.82) is 0 Å². The van der Waals surface area contributed by atoms with Crippen LogP contribution in [0.1, 0.15) is 49.4 Å². The number of ether oxygens (including phenoxy) is 1. The molecule has 1 unspecified atom stereocenters. The Hall–Kier alpha value is -2.32. The molecular weight excluding hydrogens is 433 g/mol. The Morgan fingerprint density at radius 3 is 2.43 bits per heavy atom. The summed E-state index contributed by atoms with van der Waals surface area (Å²) < 4.78 is 5.04. The Morgan fingerprint density at radius 1 is 1.07 bits per heavy atom. The highest BCUT2D eigenvalue weighted by molar-refractivity contribution is 6.36. The van der Waals surface area contributed by atoms with Crippen molar-refractivity contribution < 1.29 is 23.9 Å². The number of hydrogen-bond donors (Lipinski definition) is 3. The van der Waals surface area contributed by atoms with Gasteiger partial charge in [-0.2, -0.15) is 0 Å². The predicted molar refractivity (Wildman–Crippen MR) is 112 cm³/mol. The summed E-state index contributed by atoms with van der Waals surface area (Å²) in [6.45, 7) is 0.703. The van der Waals surface area contributed by atoms with Crippen molar-refractivity contribution in [3.63, 3.8) is 0 Å². The molecule has 0 aromatic heterocycles. The van der Waals surface area contributed by atoms with E-state index in [2.05, 4.69) is 16.0 Å².